The van der Waals surface area contributed by atoms with E-state index in [4.69, 9.17) is 28.9 Å². The summed E-state index contributed by atoms with van der Waals surface area (Å²) < 4.78 is 0. The van der Waals surface area contributed by atoms with Gasteiger partial charge in [-0.15, -0.1) is 0 Å². The molecule has 3 N–H and O–H groups in total. The smallest absolute Gasteiger partial charge is 0.133 e. The van der Waals surface area contributed by atoms with Crippen molar-refractivity contribution in [1.29, 1.82) is 0 Å². The number of aryl methyl sites for hydroxylation is 1. The molecule has 0 heterocycles. The molecule has 0 saturated heterocycles. The third-order valence-corrected chi connectivity index (χ3v) is 2.56. The van der Waals surface area contributed by atoms with Crippen molar-refractivity contribution in [2.75, 3.05) is 5.32 Å². The lowest BCUT2D eigenvalue weighted by Crippen LogP contribution is -2.11. The molecule has 96 valence electrons. The zero-order chi connectivity index (χ0) is 13.7. The van der Waals surface area contributed by atoms with E-state index in [-0.39, 0.29) is 5.82 Å². The van der Waals surface area contributed by atoms with Crippen molar-refractivity contribution < 1.29 is 0 Å². The number of nitrogens with two attached hydrogens (primary N) is 1. The molecule has 0 saturated carbocycles. The maximum absolute atomic E-state index is 6.05. The summed E-state index contributed by atoms with van der Waals surface area (Å²) in [4.78, 5) is 4.05. The Kier molecular flexibility index (Phi) is 5.25. The number of anilines is 1. The number of aliphatic imine (C=N–C) groups is 1. The summed E-state index contributed by atoms with van der Waals surface area (Å²) in [6, 6.07) is 5.62. The summed E-state index contributed by atoms with van der Waals surface area (Å²) in [7, 11) is 0. The van der Waals surface area contributed by atoms with Crippen LogP contribution >= 0.6 is 23.2 Å². The van der Waals surface area contributed by atoms with Gasteiger partial charge in [-0.1, -0.05) is 35.8 Å². The second-order valence-electron chi connectivity index (χ2n) is 3.81. The van der Waals surface area contributed by atoms with Crippen LogP contribution in [0.15, 0.2) is 46.7 Å². The highest BCUT2D eigenvalue weighted by Crippen LogP contribution is 2.20. The maximum atomic E-state index is 6.05. The molecule has 18 heavy (non-hydrogen) atoms. The Morgan fingerprint density at radius 2 is 2.17 bits per heavy atom. The van der Waals surface area contributed by atoms with Gasteiger partial charge >= 0.3 is 0 Å². The molecule has 1 aromatic carbocycles. The van der Waals surface area contributed by atoms with Gasteiger partial charge in [0.15, 0.2) is 0 Å². The van der Waals surface area contributed by atoms with Crippen LogP contribution in [0.2, 0.25) is 5.02 Å². The number of amidine groups is 1. The van der Waals surface area contributed by atoms with Crippen LogP contribution in [0.4, 0.5) is 5.69 Å². The number of hydrogen-bond donors (Lipinski definition) is 2. The van der Waals surface area contributed by atoms with Crippen LogP contribution in [-0.4, -0.2) is 5.84 Å². The molecular formula is C13H15Cl2N3. The Labute approximate surface area is 117 Å². The third-order valence-electron chi connectivity index (χ3n) is 2.04. The first-order chi connectivity index (χ1) is 8.38. The van der Waals surface area contributed by atoms with E-state index in [2.05, 4.69) is 16.9 Å². The predicted octanol–water partition coefficient (Wildman–Crippen LogP) is 4.03. The topological polar surface area (TPSA) is 50.4 Å². The van der Waals surface area contributed by atoms with Gasteiger partial charge in [0.05, 0.1) is 0 Å². The molecule has 0 aliphatic carbocycles. The summed E-state index contributed by atoms with van der Waals surface area (Å²) in [5.41, 5.74) is 7.27. The van der Waals surface area contributed by atoms with Crippen LogP contribution in [0.5, 0.6) is 0 Å². The molecule has 1 aromatic rings. The van der Waals surface area contributed by atoms with Crippen molar-refractivity contribution in [3.05, 3.63) is 52.3 Å². The summed E-state index contributed by atoms with van der Waals surface area (Å²) in [5.74, 6) is 0.708. The quantitative estimate of drug-likeness (QED) is 0.650. The van der Waals surface area contributed by atoms with Crippen LogP contribution in [0.3, 0.4) is 0 Å². The summed E-state index contributed by atoms with van der Waals surface area (Å²) in [5, 5.41) is 4.34. The van der Waals surface area contributed by atoms with Gasteiger partial charge in [0, 0.05) is 15.7 Å². The fraction of sp³-hybridized carbons (Fsp3) is 0.154. The maximum Gasteiger partial charge on any atom is 0.133 e. The van der Waals surface area contributed by atoms with Crippen LogP contribution < -0.4 is 11.1 Å². The number of halogens is 2. The minimum absolute atomic E-state index is 0.199. The lowest BCUT2D eigenvalue weighted by molar-refractivity contribution is 1.26. The molecule has 3 nitrogen and oxygen atoms in total. The zero-order valence-electron chi connectivity index (χ0n) is 10.3. The van der Waals surface area contributed by atoms with E-state index < -0.39 is 0 Å². The Morgan fingerprint density at radius 1 is 1.50 bits per heavy atom. The summed E-state index contributed by atoms with van der Waals surface area (Å²) >= 11 is 11.9. The fourth-order valence-electron chi connectivity index (χ4n) is 1.26. The normalized spacial score (nSPS) is 12.4. The predicted molar refractivity (Wildman–Crippen MR) is 80.2 cm³/mol. The Balaban J connectivity index is 3.00. The van der Waals surface area contributed by atoms with Crippen molar-refractivity contribution >= 4 is 34.7 Å². The standard InChI is InChI=1S/C13H15Cl2N3/c1-8-4-5-11(7-12(8)15)18-13(6-9(2)14)17-10(3)16/h4-7H,3,16H2,1-2H3,(H,17,18)/b9-6+. The Morgan fingerprint density at radius 3 is 2.67 bits per heavy atom. The largest absolute Gasteiger partial charge is 0.384 e. The number of benzene rings is 1. The molecular weight excluding hydrogens is 269 g/mol. The molecule has 0 atom stereocenters. The molecule has 0 spiro atoms. The van der Waals surface area contributed by atoms with Crippen LogP contribution in [0.25, 0.3) is 0 Å². The van der Waals surface area contributed by atoms with Crippen LogP contribution in [-0.2, 0) is 0 Å². The first-order valence-corrected chi connectivity index (χ1v) is 6.04. The van der Waals surface area contributed by atoms with Gasteiger partial charge in [0.2, 0.25) is 0 Å². The van der Waals surface area contributed by atoms with Gasteiger partial charge in [0.25, 0.3) is 0 Å². The van der Waals surface area contributed by atoms with Crippen molar-refractivity contribution in [1.82, 2.24) is 0 Å². The van der Waals surface area contributed by atoms with E-state index >= 15 is 0 Å². The van der Waals surface area contributed by atoms with Gasteiger partial charge in [-0.25, -0.2) is 4.99 Å². The summed E-state index contributed by atoms with van der Waals surface area (Å²) in [6.45, 7) is 7.21. The lowest BCUT2D eigenvalue weighted by atomic mass is 10.2. The SMILES string of the molecule is C=C(N)/N=C(\C=C(/C)Cl)Nc1ccc(C)c(Cl)c1. The van der Waals surface area contributed by atoms with E-state index in [0.29, 0.717) is 15.9 Å². The molecule has 0 bridgehead atoms. The second-order valence-corrected chi connectivity index (χ2v) is 4.81. The third kappa shape index (κ3) is 4.82. The molecule has 0 aliphatic rings. The Hall–Kier alpha value is -1.45. The lowest BCUT2D eigenvalue weighted by Gasteiger charge is -2.08. The van der Waals surface area contributed by atoms with E-state index in [0.717, 1.165) is 11.3 Å². The van der Waals surface area contributed by atoms with E-state index in [1.165, 1.54) is 0 Å². The average Bonchev–Trinajstić information content (AvgIpc) is 2.21. The number of nitrogens with one attached hydrogen (secondary N) is 1. The number of rotatable bonds is 3. The highest BCUT2D eigenvalue weighted by atomic mass is 35.5. The zero-order valence-corrected chi connectivity index (χ0v) is 11.8. The van der Waals surface area contributed by atoms with Crippen LogP contribution in [0.1, 0.15) is 12.5 Å². The van der Waals surface area contributed by atoms with Crippen molar-refractivity contribution in [3.8, 4) is 0 Å². The molecule has 0 radical (unpaired) electrons. The fourth-order valence-corrected chi connectivity index (χ4v) is 1.54. The number of nitrogens with zero attached hydrogens (tertiary/aromatic N) is 1. The average molecular weight is 284 g/mol. The van der Waals surface area contributed by atoms with Crippen molar-refractivity contribution in [3.63, 3.8) is 0 Å². The first-order valence-electron chi connectivity index (χ1n) is 5.28. The monoisotopic (exact) mass is 283 g/mol. The molecule has 0 aliphatic heterocycles. The first kappa shape index (κ1) is 14.6. The molecule has 1 rings (SSSR count). The Bertz CT molecular complexity index is 515. The van der Waals surface area contributed by atoms with Gasteiger partial charge < -0.3 is 11.1 Å². The second kappa shape index (κ2) is 6.47. The molecule has 5 heteroatoms. The molecule has 0 unspecified atom stereocenters. The van der Waals surface area contributed by atoms with Crippen molar-refractivity contribution in [2.24, 2.45) is 10.7 Å². The van der Waals surface area contributed by atoms with E-state index in [1.54, 1.807) is 13.0 Å². The van der Waals surface area contributed by atoms with Gasteiger partial charge in [-0.05, 0) is 37.6 Å². The molecule has 0 fully saturated rings. The summed E-state index contributed by atoms with van der Waals surface area (Å²) in [6.07, 6.45) is 1.66. The minimum Gasteiger partial charge on any atom is -0.384 e. The molecule has 0 amide bonds. The van der Waals surface area contributed by atoms with Gasteiger partial charge in [0.1, 0.15) is 11.7 Å². The van der Waals surface area contributed by atoms with E-state index in [9.17, 15) is 0 Å². The molecule has 0 aromatic heterocycles. The van der Waals surface area contributed by atoms with E-state index in [1.807, 2.05) is 25.1 Å². The minimum atomic E-state index is 0.199. The van der Waals surface area contributed by atoms with Gasteiger partial charge in [-0.3, -0.25) is 0 Å². The number of allylic oxidation sites excluding steroid dienone is 1. The van der Waals surface area contributed by atoms with Crippen molar-refractivity contribution in [2.45, 2.75) is 13.8 Å². The highest BCUT2D eigenvalue weighted by molar-refractivity contribution is 6.32. The number of hydrogen-bond acceptors (Lipinski definition) is 2. The van der Waals surface area contributed by atoms with Gasteiger partial charge in [-0.2, -0.15) is 0 Å². The highest BCUT2D eigenvalue weighted by Gasteiger charge is 2.01. The van der Waals surface area contributed by atoms with Crippen LogP contribution in [0, 0.1) is 6.92 Å².